The minimum atomic E-state index is -1.70. The van der Waals surface area contributed by atoms with Crippen LogP contribution in [0.2, 0.25) is 13.1 Å². The highest BCUT2D eigenvalue weighted by atomic mass is 28.3. The van der Waals surface area contributed by atoms with Gasteiger partial charge in [-0.25, -0.2) is 0 Å². The van der Waals surface area contributed by atoms with Crippen molar-refractivity contribution >= 4 is 8.40 Å². The summed E-state index contributed by atoms with van der Waals surface area (Å²) in [7, 11) is 2.28. The minimum Gasteiger partial charge on any atom is -0.321 e. The first-order chi connectivity index (χ1) is 7.48. The fourth-order valence-corrected chi connectivity index (χ4v) is 5.90. The van der Waals surface area contributed by atoms with Crippen LogP contribution in [0.5, 0.6) is 0 Å². The molecule has 0 aliphatic rings. The molecule has 0 bridgehead atoms. The van der Waals surface area contributed by atoms with E-state index in [0.717, 1.165) is 0 Å². The van der Waals surface area contributed by atoms with E-state index in [1.165, 1.54) is 0 Å². The monoisotopic (exact) mass is 260 g/mol. The summed E-state index contributed by atoms with van der Waals surface area (Å²) in [6, 6.07) is 0. The summed E-state index contributed by atoms with van der Waals surface area (Å²) < 4.78 is 0. The first kappa shape index (κ1) is 17.1. The fraction of sp³-hybridized carbons (Fsp3) is 1.00. The van der Waals surface area contributed by atoms with Crippen LogP contribution >= 0.6 is 0 Å². The molecule has 0 atom stereocenters. The topological polar surface area (TPSA) is 48.1 Å². The Morgan fingerprint density at radius 1 is 0.882 bits per heavy atom. The maximum absolute atomic E-state index is 3.77. The first-order valence-corrected chi connectivity index (χ1v) is 9.44. The molecule has 0 aromatic rings. The van der Waals surface area contributed by atoms with Gasteiger partial charge in [0.25, 0.3) is 0 Å². The average molecular weight is 261 g/mol. The van der Waals surface area contributed by atoms with Crippen LogP contribution < -0.4 is 20.6 Å². The highest BCUT2D eigenvalue weighted by Gasteiger charge is 2.38. The summed E-state index contributed by atoms with van der Waals surface area (Å²) in [5, 5.41) is 6.76. The van der Waals surface area contributed by atoms with Crippen molar-refractivity contribution in [2.75, 3.05) is 14.1 Å². The van der Waals surface area contributed by atoms with Crippen molar-refractivity contribution in [1.82, 2.24) is 20.6 Å². The number of nitrogens with one attached hydrogen (secondary N) is 4. The molecule has 0 amide bonds. The van der Waals surface area contributed by atoms with Gasteiger partial charge >= 0.3 is 0 Å². The maximum Gasteiger partial charge on any atom is 0.197 e. The normalized spacial score (nSPS) is 14.5. The summed E-state index contributed by atoms with van der Waals surface area (Å²) >= 11 is 0. The Morgan fingerprint density at radius 3 is 1.53 bits per heavy atom. The molecule has 5 heteroatoms. The van der Waals surface area contributed by atoms with E-state index in [1.807, 2.05) is 14.1 Å². The van der Waals surface area contributed by atoms with E-state index in [9.17, 15) is 0 Å². The van der Waals surface area contributed by atoms with Crippen LogP contribution in [0.1, 0.15) is 34.6 Å². The predicted octanol–water partition coefficient (Wildman–Crippen LogP) is 1.41. The van der Waals surface area contributed by atoms with Crippen LogP contribution in [0, 0.1) is 5.92 Å². The van der Waals surface area contributed by atoms with Gasteiger partial charge in [0.2, 0.25) is 0 Å². The van der Waals surface area contributed by atoms with Gasteiger partial charge < -0.3 is 4.98 Å². The van der Waals surface area contributed by atoms with Crippen molar-refractivity contribution < 1.29 is 0 Å². The van der Waals surface area contributed by atoms with Crippen LogP contribution in [0.3, 0.4) is 0 Å². The van der Waals surface area contributed by atoms with Gasteiger partial charge in [-0.05, 0) is 53.9 Å². The number of rotatable bonds is 6. The second-order valence-corrected chi connectivity index (χ2v) is 10.3. The van der Waals surface area contributed by atoms with E-state index in [4.69, 9.17) is 0 Å². The molecule has 4 N–H and O–H groups in total. The summed E-state index contributed by atoms with van der Waals surface area (Å²) in [4.78, 5) is 7.49. The molecule has 0 saturated heterocycles. The maximum atomic E-state index is 3.77. The van der Waals surface area contributed by atoms with Crippen molar-refractivity contribution in [3.05, 3.63) is 0 Å². The lowest BCUT2D eigenvalue weighted by atomic mass is 10.1. The van der Waals surface area contributed by atoms with Crippen molar-refractivity contribution in [2.24, 2.45) is 5.92 Å². The molecule has 104 valence electrons. The third kappa shape index (κ3) is 5.48. The fourth-order valence-electron chi connectivity index (χ4n) is 2.43. The van der Waals surface area contributed by atoms with E-state index in [0.29, 0.717) is 5.92 Å². The second-order valence-electron chi connectivity index (χ2n) is 6.59. The molecular weight excluding hydrogens is 228 g/mol. The van der Waals surface area contributed by atoms with Crippen LogP contribution in [-0.4, -0.2) is 33.8 Å². The van der Waals surface area contributed by atoms with Crippen LogP contribution in [0.25, 0.3) is 0 Å². The predicted molar refractivity (Wildman–Crippen MR) is 79.2 cm³/mol. The Labute approximate surface area is 108 Å². The van der Waals surface area contributed by atoms with Gasteiger partial charge in [0, 0.05) is 5.54 Å². The van der Waals surface area contributed by atoms with Crippen LogP contribution in [0.15, 0.2) is 0 Å². The minimum absolute atomic E-state index is 0.132. The molecule has 0 unspecified atom stereocenters. The van der Waals surface area contributed by atoms with Crippen molar-refractivity contribution in [1.29, 1.82) is 0 Å². The smallest absolute Gasteiger partial charge is 0.197 e. The molecule has 17 heavy (non-hydrogen) atoms. The van der Waals surface area contributed by atoms with E-state index < -0.39 is 8.40 Å². The third-order valence-corrected chi connectivity index (χ3v) is 5.25. The Bertz CT molecular complexity index is 229. The Hall–Kier alpha value is 0.0569. The molecule has 4 nitrogen and oxygen atoms in total. The number of hydrogen-bond donors (Lipinski definition) is 4. The van der Waals surface area contributed by atoms with E-state index >= 15 is 0 Å². The van der Waals surface area contributed by atoms with Gasteiger partial charge in [0.1, 0.15) is 5.79 Å². The van der Waals surface area contributed by atoms with Crippen LogP contribution in [0.4, 0.5) is 0 Å². The van der Waals surface area contributed by atoms with Gasteiger partial charge in [-0.1, -0.05) is 13.8 Å². The molecule has 0 fully saturated rings. The highest BCUT2D eigenvalue weighted by molar-refractivity contribution is 6.72. The molecule has 0 radical (unpaired) electrons. The quantitative estimate of drug-likeness (QED) is 0.431. The highest BCUT2D eigenvalue weighted by Crippen LogP contribution is 2.14. The molecule has 0 aliphatic heterocycles. The lowest BCUT2D eigenvalue weighted by Crippen LogP contribution is -2.78. The van der Waals surface area contributed by atoms with Gasteiger partial charge in [-0.2, -0.15) is 0 Å². The zero-order valence-corrected chi connectivity index (χ0v) is 14.1. The van der Waals surface area contributed by atoms with E-state index in [-0.39, 0.29) is 11.3 Å². The molecule has 0 spiro atoms. The molecular formula is C12H32N4Si. The Morgan fingerprint density at radius 2 is 1.29 bits per heavy atom. The lowest BCUT2D eigenvalue weighted by Gasteiger charge is -2.45. The van der Waals surface area contributed by atoms with E-state index in [1.54, 1.807) is 0 Å². The van der Waals surface area contributed by atoms with Crippen molar-refractivity contribution in [3.63, 3.8) is 0 Å². The van der Waals surface area contributed by atoms with E-state index in [2.05, 4.69) is 68.3 Å². The number of hydrogen-bond acceptors (Lipinski definition) is 4. The zero-order valence-electron chi connectivity index (χ0n) is 13.1. The zero-order chi connectivity index (χ0) is 13.9. The molecule has 0 aliphatic carbocycles. The van der Waals surface area contributed by atoms with Gasteiger partial charge in [-0.3, -0.25) is 15.6 Å². The second kappa shape index (κ2) is 5.80. The SMILES string of the molecule is CNC(NC)(N[Si](C)(C)NC(C)(C)C)C(C)C. The average Bonchev–Trinajstić information content (AvgIpc) is 2.09. The largest absolute Gasteiger partial charge is 0.321 e. The van der Waals surface area contributed by atoms with Crippen molar-refractivity contribution in [3.8, 4) is 0 Å². The molecule has 0 rings (SSSR count). The molecule has 0 aromatic heterocycles. The lowest BCUT2D eigenvalue weighted by molar-refractivity contribution is 0.185. The summed E-state index contributed by atoms with van der Waals surface area (Å²) in [5.74, 6) is 0.236. The molecule has 0 heterocycles. The van der Waals surface area contributed by atoms with Crippen molar-refractivity contribution in [2.45, 2.75) is 59.0 Å². The van der Waals surface area contributed by atoms with Gasteiger partial charge in [0.05, 0.1) is 0 Å². The van der Waals surface area contributed by atoms with Gasteiger partial charge in [0.15, 0.2) is 8.40 Å². The third-order valence-electron chi connectivity index (χ3n) is 2.85. The Balaban J connectivity index is 4.87. The summed E-state index contributed by atoms with van der Waals surface area (Å²) in [5.41, 5.74) is 0.132. The summed E-state index contributed by atoms with van der Waals surface area (Å²) in [6.07, 6.45) is 0. The Kier molecular flexibility index (Phi) is 5.82. The van der Waals surface area contributed by atoms with Crippen LogP contribution in [-0.2, 0) is 0 Å². The standard InChI is InChI=1S/C12H32N4Si/c1-10(2)12(13-6,14-7)16-17(8,9)15-11(3,4)5/h10,13-16H,1-9H3. The summed E-state index contributed by atoms with van der Waals surface area (Å²) in [6.45, 7) is 15.6. The molecule has 0 aromatic carbocycles. The molecule has 0 saturated carbocycles. The first-order valence-electron chi connectivity index (χ1n) is 6.44. The van der Waals surface area contributed by atoms with Gasteiger partial charge in [-0.15, -0.1) is 0 Å².